The van der Waals surface area contributed by atoms with Crippen LogP contribution in [0, 0.1) is 0 Å². The molecule has 7 heteroatoms. The summed E-state index contributed by atoms with van der Waals surface area (Å²) < 4.78 is 26.6. The molecule has 0 aliphatic rings. The molecule has 0 bridgehead atoms. The van der Waals surface area contributed by atoms with E-state index in [9.17, 15) is 8.42 Å². The highest BCUT2D eigenvalue weighted by atomic mass is 32.2. The van der Waals surface area contributed by atoms with E-state index < -0.39 is 20.9 Å². The second-order valence-electron chi connectivity index (χ2n) is 2.32. The zero-order valence-corrected chi connectivity index (χ0v) is 7.87. The minimum Gasteiger partial charge on any atom is -0.493 e. The van der Waals surface area contributed by atoms with E-state index in [1.165, 1.54) is 7.11 Å². The number of aromatic nitrogens is 2. The average Bonchev–Trinajstić information content (AvgIpc) is 2.01. The summed E-state index contributed by atoms with van der Waals surface area (Å²) in [4.78, 5) is 6.87. The lowest BCUT2D eigenvalue weighted by molar-refractivity contribution is 0.377. The topological polar surface area (TPSA) is 89.4 Å². The van der Waals surface area contributed by atoms with Gasteiger partial charge in [-0.15, -0.1) is 0 Å². The summed E-state index contributed by atoms with van der Waals surface area (Å²) in [6.45, 7) is 0. The second kappa shape index (κ2) is 3.17. The van der Waals surface area contributed by atoms with Gasteiger partial charge in [0.1, 0.15) is 0 Å². The summed E-state index contributed by atoms with van der Waals surface area (Å²) in [6, 6.07) is 1.12. The summed E-state index contributed by atoms with van der Waals surface area (Å²) >= 11 is 0. The number of methoxy groups -OCH3 is 1. The molecule has 6 nitrogen and oxygen atoms in total. The van der Waals surface area contributed by atoms with Crippen LogP contribution in [-0.4, -0.2) is 36.9 Å². The molecule has 0 aromatic carbocycles. The molecule has 0 saturated carbocycles. The van der Waals surface area contributed by atoms with Gasteiger partial charge in [-0.25, -0.2) is 8.42 Å². The van der Waals surface area contributed by atoms with E-state index in [1.54, 1.807) is 0 Å². The molecule has 0 unspecified atom stereocenters. The van der Waals surface area contributed by atoms with Crippen molar-refractivity contribution in [2.75, 3.05) is 13.4 Å². The highest BCUT2D eigenvalue weighted by Gasteiger charge is 2.13. The molecular formula is C6H8N2O4S. The van der Waals surface area contributed by atoms with Gasteiger partial charge >= 0.3 is 0 Å². The number of aromatic hydroxyl groups is 1. The maximum Gasteiger partial charge on any atom is 0.253 e. The van der Waals surface area contributed by atoms with Crippen molar-refractivity contribution in [1.82, 2.24) is 9.97 Å². The monoisotopic (exact) mass is 204 g/mol. The predicted molar refractivity (Wildman–Crippen MR) is 43.4 cm³/mol. The van der Waals surface area contributed by atoms with Crippen molar-refractivity contribution >= 4 is 9.84 Å². The molecule has 1 heterocycles. The molecular weight excluding hydrogens is 196 g/mol. The van der Waals surface area contributed by atoms with Crippen LogP contribution >= 0.6 is 0 Å². The maximum absolute atomic E-state index is 11.0. The molecule has 0 saturated heterocycles. The number of nitrogens with zero attached hydrogens (tertiary/aromatic N) is 2. The van der Waals surface area contributed by atoms with Crippen LogP contribution in [0.2, 0.25) is 0 Å². The molecule has 13 heavy (non-hydrogen) atoms. The van der Waals surface area contributed by atoms with Crippen LogP contribution in [0.15, 0.2) is 11.2 Å². The predicted octanol–water partition coefficient (Wildman–Crippen LogP) is -0.406. The Bertz CT molecular complexity index is 415. The van der Waals surface area contributed by atoms with E-state index in [0.717, 1.165) is 12.3 Å². The normalized spacial score (nSPS) is 11.2. The fourth-order valence-electron chi connectivity index (χ4n) is 0.663. The Labute approximate surface area is 75.1 Å². The molecule has 1 aromatic heterocycles. The fraction of sp³-hybridized carbons (Fsp3) is 0.333. The third-order valence-corrected chi connectivity index (χ3v) is 2.06. The van der Waals surface area contributed by atoms with Gasteiger partial charge in [0.2, 0.25) is 21.6 Å². The SMILES string of the molecule is COc1cc(O)nc(S(C)(=O)=O)n1. The van der Waals surface area contributed by atoms with Crippen LogP contribution in [-0.2, 0) is 9.84 Å². The number of hydrogen-bond donors (Lipinski definition) is 1. The van der Waals surface area contributed by atoms with E-state index >= 15 is 0 Å². The Morgan fingerprint density at radius 3 is 2.54 bits per heavy atom. The van der Waals surface area contributed by atoms with Crippen molar-refractivity contribution in [1.29, 1.82) is 0 Å². The first-order valence-electron chi connectivity index (χ1n) is 3.25. The van der Waals surface area contributed by atoms with E-state index in [4.69, 9.17) is 5.11 Å². The van der Waals surface area contributed by atoms with E-state index in [2.05, 4.69) is 14.7 Å². The third-order valence-electron chi connectivity index (χ3n) is 1.21. The van der Waals surface area contributed by atoms with Crippen molar-refractivity contribution in [3.05, 3.63) is 6.07 Å². The summed E-state index contributed by atoms with van der Waals surface area (Å²) in [5.41, 5.74) is 0. The first kappa shape index (κ1) is 9.72. The Hall–Kier alpha value is -1.37. The number of ether oxygens (including phenoxy) is 1. The lowest BCUT2D eigenvalue weighted by Gasteiger charge is -2.01. The largest absolute Gasteiger partial charge is 0.493 e. The summed E-state index contributed by atoms with van der Waals surface area (Å²) in [5.74, 6) is -0.430. The highest BCUT2D eigenvalue weighted by Crippen LogP contribution is 2.15. The molecule has 1 aromatic rings. The van der Waals surface area contributed by atoms with Gasteiger partial charge in [0, 0.05) is 6.26 Å². The van der Waals surface area contributed by atoms with Gasteiger partial charge in [-0.1, -0.05) is 0 Å². The lowest BCUT2D eigenvalue weighted by atomic mass is 10.6. The quantitative estimate of drug-likeness (QED) is 0.659. The third kappa shape index (κ3) is 2.28. The molecule has 0 amide bonds. The molecule has 0 aliphatic carbocycles. The van der Waals surface area contributed by atoms with Crippen molar-refractivity contribution in [3.8, 4) is 11.8 Å². The second-order valence-corrected chi connectivity index (χ2v) is 4.23. The number of rotatable bonds is 2. The molecule has 1 rings (SSSR count). The highest BCUT2D eigenvalue weighted by molar-refractivity contribution is 7.90. The zero-order valence-electron chi connectivity index (χ0n) is 7.05. The van der Waals surface area contributed by atoms with Crippen molar-refractivity contribution in [2.45, 2.75) is 5.16 Å². The van der Waals surface area contributed by atoms with Gasteiger partial charge in [0.05, 0.1) is 13.2 Å². The fourth-order valence-corrected chi connectivity index (χ4v) is 1.18. The first-order chi connectivity index (χ1) is 5.93. The summed E-state index contributed by atoms with van der Waals surface area (Å²) in [5, 5.41) is 8.54. The molecule has 0 aliphatic heterocycles. The Morgan fingerprint density at radius 2 is 2.08 bits per heavy atom. The molecule has 1 N–H and O–H groups in total. The molecule has 0 spiro atoms. The minimum atomic E-state index is -3.52. The van der Waals surface area contributed by atoms with Crippen LogP contribution in [0.5, 0.6) is 11.8 Å². The Morgan fingerprint density at radius 1 is 1.46 bits per heavy atom. The van der Waals surface area contributed by atoms with Gasteiger partial charge in [0.25, 0.3) is 5.16 Å². The van der Waals surface area contributed by atoms with Gasteiger partial charge in [-0.2, -0.15) is 9.97 Å². The Kier molecular flexibility index (Phi) is 2.37. The van der Waals surface area contributed by atoms with Crippen molar-refractivity contribution in [2.24, 2.45) is 0 Å². The van der Waals surface area contributed by atoms with Crippen LogP contribution in [0.4, 0.5) is 0 Å². The summed E-state index contributed by atoms with van der Waals surface area (Å²) in [7, 11) is -2.21. The van der Waals surface area contributed by atoms with Crippen molar-refractivity contribution in [3.63, 3.8) is 0 Å². The van der Waals surface area contributed by atoms with Gasteiger partial charge in [0.15, 0.2) is 0 Å². The van der Waals surface area contributed by atoms with Crippen LogP contribution in [0.1, 0.15) is 0 Å². The van der Waals surface area contributed by atoms with E-state index in [1.807, 2.05) is 0 Å². The van der Waals surface area contributed by atoms with Gasteiger partial charge in [-0.3, -0.25) is 0 Å². The van der Waals surface area contributed by atoms with E-state index in [-0.39, 0.29) is 5.88 Å². The number of sulfone groups is 1. The van der Waals surface area contributed by atoms with Crippen LogP contribution in [0.25, 0.3) is 0 Å². The van der Waals surface area contributed by atoms with E-state index in [0.29, 0.717) is 0 Å². The average molecular weight is 204 g/mol. The maximum atomic E-state index is 11.0. The van der Waals surface area contributed by atoms with Crippen LogP contribution < -0.4 is 4.74 Å². The molecule has 72 valence electrons. The Balaban J connectivity index is 3.33. The standard InChI is InChI=1S/C6H8N2O4S/c1-12-5-3-4(9)7-6(8-5)13(2,10)11/h3H,1-2H3,(H,7,8,9). The lowest BCUT2D eigenvalue weighted by Crippen LogP contribution is -2.04. The van der Waals surface area contributed by atoms with Gasteiger partial charge < -0.3 is 9.84 Å². The zero-order chi connectivity index (χ0) is 10.1. The molecule has 0 fully saturated rings. The number of hydrogen-bond acceptors (Lipinski definition) is 6. The molecule has 0 radical (unpaired) electrons. The smallest absolute Gasteiger partial charge is 0.253 e. The van der Waals surface area contributed by atoms with Gasteiger partial charge in [-0.05, 0) is 0 Å². The first-order valence-corrected chi connectivity index (χ1v) is 5.14. The van der Waals surface area contributed by atoms with Crippen molar-refractivity contribution < 1.29 is 18.3 Å². The minimum absolute atomic E-state index is 0.00734. The van der Waals surface area contributed by atoms with Crippen LogP contribution in [0.3, 0.4) is 0 Å². The summed E-state index contributed by atoms with van der Waals surface area (Å²) in [6.07, 6.45) is 0.946. The molecule has 0 atom stereocenters.